The summed E-state index contributed by atoms with van der Waals surface area (Å²) in [5, 5.41) is 0.0827. The summed E-state index contributed by atoms with van der Waals surface area (Å²) < 4.78 is 12.9. The van der Waals surface area contributed by atoms with Crippen LogP contribution in [0.15, 0.2) is 18.2 Å². The number of benzene rings is 1. The summed E-state index contributed by atoms with van der Waals surface area (Å²) in [7, 11) is 0. The summed E-state index contributed by atoms with van der Waals surface area (Å²) in [4.78, 5) is 0. The number of hydrogen-bond donors (Lipinski definition) is 0. The lowest BCUT2D eigenvalue weighted by Crippen LogP contribution is -1.94. The predicted octanol–water partition coefficient (Wildman–Crippen LogP) is 3.82. The Morgan fingerprint density at radius 1 is 1.46 bits per heavy atom. The van der Waals surface area contributed by atoms with E-state index in [1.54, 1.807) is 13.0 Å². The predicted molar refractivity (Wildman–Crippen MR) is 52.5 cm³/mol. The van der Waals surface area contributed by atoms with Crippen molar-refractivity contribution in [2.75, 3.05) is 0 Å². The van der Waals surface area contributed by atoms with Crippen LogP contribution >= 0.6 is 11.6 Å². The van der Waals surface area contributed by atoms with E-state index >= 15 is 0 Å². The van der Waals surface area contributed by atoms with E-state index in [4.69, 9.17) is 11.6 Å². The Morgan fingerprint density at radius 2 is 2.15 bits per heavy atom. The van der Waals surface area contributed by atoms with Gasteiger partial charge in [0.1, 0.15) is 5.82 Å². The second-order valence-corrected chi connectivity index (χ2v) is 4.22. The van der Waals surface area contributed by atoms with Crippen molar-refractivity contribution < 1.29 is 4.39 Å². The topological polar surface area (TPSA) is 0 Å². The first kappa shape index (κ1) is 9.01. The Bertz CT molecular complexity index is 318. The maximum Gasteiger partial charge on any atom is 0.126 e. The Balaban J connectivity index is 2.24. The van der Waals surface area contributed by atoms with Gasteiger partial charge in [0.25, 0.3) is 0 Å². The molecule has 1 saturated carbocycles. The molecule has 0 heterocycles. The third-order valence-electron chi connectivity index (χ3n) is 2.54. The fourth-order valence-corrected chi connectivity index (χ4v) is 1.89. The van der Waals surface area contributed by atoms with Crippen LogP contribution in [0, 0.1) is 18.7 Å². The number of alkyl halides is 1. The van der Waals surface area contributed by atoms with Crippen LogP contribution in [0.25, 0.3) is 0 Å². The van der Waals surface area contributed by atoms with Gasteiger partial charge in [-0.25, -0.2) is 4.39 Å². The fourth-order valence-electron chi connectivity index (χ4n) is 1.50. The molecule has 0 aliphatic heterocycles. The third-order valence-corrected chi connectivity index (χ3v) is 3.14. The van der Waals surface area contributed by atoms with E-state index < -0.39 is 0 Å². The SMILES string of the molecule is Cc1cc(C(Cl)C2CC2)ccc1F. The molecule has 0 bridgehead atoms. The van der Waals surface area contributed by atoms with Gasteiger partial charge in [0.05, 0.1) is 5.38 Å². The van der Waals surface area contributed by atoms with Crippen LogP contribution < -0.4 is 0 Å². The summed E-state index contributed by atoms with van der Waals surface area (Å²) in [5.41, 5.74) is 1.74. The van der Waals surface area contributed by atoms with Gasteiger partial charge in [-0.05, 0) is 42.9 Å². The lowest BCUT2D eigenvalue weighted by molar-refractivity contribution is 0.616. The van der Waals surface area contributed by atoms with E-state index in [-0.39, 0.29) is 11.2 Å². The minimum Gasteiger partial charge on any atom is -0.207 e. The van der Waals surface area contributed by atoms with Crippen molar-refractivity contribution in [3.05, 3.63) is 35.1 Å². The highest BCUT2D eigenvalue weighted by atomic mass is 35.5. The van der Waals surface area contributed by atoms with Gasteiger partial charge in [-0.1, -0.05) is 12.1 Å². The molecule has 0 aromatic heterocycles. The van der Waals surface area contributed by atoms with Crippen LogP contribution in [0.3, 0.4) is 0 Å². The third kappa shape index (κ3) is 1.86. The molecule has 13 heavy (non-hydrogen) atoms. The molecule has 1 aliphatic carbocycles. The first-order valence-corrected chi connectivity index (χ1v) is 5.02. The molecule has 1 aliphatic rings. The minimum atomic E-state index is -0.150. The number of halogens is 2. The molecule has 1 unspecified atom stereocenters. The van der Waals surface area contributed by atoms with E-state index in [9.17, 15) is 4.39 Å². The normalized spacial score (nSPS) is 18.7. The Labute approximate surface area is 82.7 Å². The van der Waals surface area contributed by atoms with Gasteiger partial charge >= 0.3 is 0 Å². The Hall–Kier alpha value is -0.560. The standard InChI is InChI=1S/C11H12ClF/c1-7-6-9(4-5-10(7)13)11(12)8-2-3-8/h4-6,8,11H,2-3H2,1H3. The molecule has 0 spiro atoms. The van der Waals surface area contributed by atoms with E-state index in [0.29, 0.717) is 11.5 Å². The van der Waals surface area contributed by atoms with Crippen molar-refractivity contribution in [1.82, 2.24) is 0 Å². The first-order valence-electron chi connectivity index (χ1n) is 4.58. The van der Waals surface area contributed by atoms with Crippen molar-refractivity contribution >= 4 is 11.6 Å². The second-order valence-electron chi connectivity index (χ2n) is 3.75. The second kappa shape index (κ2) is 3.30. The van der Waals surface area contributed by atoms with Crippen molar-refractivity contribution in [2.24, 2.45) is 5.92 Å². The highest BCUT2D eigenvalue weighted by Crippen LogP contribution is 2.45. The highest BCUT2D eigenvalue weighted by Gasteiger charge is 2.30. The Morgan fingerprint density at radius 3 is 2.69 bits per heavy atom. The molecule has 70 valence electrons. The zero-order valence-electron chi connectivity index (χ0n) is 7.56. The summed E-state index contributed by atoms with van der Waals surface area (Å²) in [5.74, 6) is 0.468. The van der Waals surface area contributed by atoms with Crippen LogP contribution in [-0.2, 0) is 0 Å². The molecular formula is C11H12ClF. The van der Waals surface area contributed by atoms with Crippen molar-refractivity contribution in [3.8, 4) is 0 Å². The van der Waals surface area contributed by atoms with Crippen molar-refractivity contribution in [2.45, 2.75) is 25.1 Å². The quantitative estimate of drug-likeness (QED) is 0.634. The zero-order chi connectivity index (χ0) is 9.42. The molecule has 0 nitrogen and oxygen atoms in total. The molecule has 2 rings (SSSR count). The Kier molecular flexibility index (Phi) is 2.29. The molecule has 0 radical (unpaired) electrons. The lowest BCUT2D eigenvalue weighted by Gasteiger charge is -2.09. The van der Waals surface area contributed by atoms with E-state index in [1.165, 1.54) is 18.9 Å². The number of rotatable bonds is 2. The maximum absolute atomic E-state index is 12.9. The van der Waals surface area contributed by atoms with E-state index in [1.807, 2.05) is 6.07 Å². The zero-order valence-corrected chi connectivity index (χ0v) is 8.31. The van der Waals surface area contributed by atoms with E-state index in [0.717, 1.165) is 5.56 Å². The molecule has 0 amide bonds. The smallest absolute Gasteiger partial charge is 0.126 e. The molecule has 2 heteroatoms. The van der Waals surface area contributed by atoms with Crippen LogP contribution in [-0.4, -0.2) is 0 Å². The number of aryl methyl sites for hydroxylation is 1. The van der Waals surface area contributed by atoms with Gasteiger partial charge in [0.15, 0.2) is 0 Å². The monoisotopic (exact) mass is 198 g/mol. The lowest BCUT2D eigenvalue weighted by atomic mass is 10.1. The van der Waals surface area contributed by atoms with Gasteiger partial charge in [-0.3, -0.25) is 0 Å². The average molecular weight is 199 g/mol. The summed E-state index contributed by atoms with van der Waals surface area (Å²) in [6.07, 6.45) is 2.43. The largest absolute Gasteiger partial charge is 0.207 e. The van der Waals surface area contributed by atoms with Gasteiger partial charge in [-0.15, -0.1) is 11.6 Å². The van der Waals surface area contributed by atoms with Gasteiger partial charge in [0.2, 0.25) is 0 Å². The summed E-state index contributed by atoms with van der Waals surface area (Å²) in [6, 6.07) is 5.14. The average Bonchev–Trinajstić information content (AvgIpc) is 2.91. The van der Waals surface area contributed by atoms with Crippen LogP contribution in [0.4, 0.5) is 4.39 Å². The number of hydrogen-bond acceptors (Lipinski definition) is 0. The van der Waals surface area contributed by atoms with Crippen LogP contribution in [0.1, 0.15) is 29.3 Å². The van der Waals surface area contributed by atoms with Crippen LogP contribution in [0.2, 0.25) is 0 Å². The molecule has 0 saturated heterocycles. The summed E-state index contributed by atoms with van der Waals surface area (Å²) in [6.45, 7) is 1.77. The summed E-state index contributed by atoms with van der Waals surface area (Å²) >= 11 is 6.21. The molecule has 1 atom stereocenters. The molecule has 1 fully saturated rings. The highest BCUT2D eigenvalue weighted by molar-refractivity contribution is 6.21. The molecular weight excluding hydrogens is 187 g/mol. The molecule has 1 aromatic carbocycles. The van der Waals surface area contributed by atoms with Crippen molar-refractivity contribution in [1.29, 1.82) is 0 Å². The molecule has 0 N–H and O–H groups in total. The fraction of sp³-hybridized carbons (Fsp3) is 0.455. The minimum absolute atomic E-state index is 0.0827. The molecule has 1 aromatic rings. The van der Waals surface area contributed by atoms with Gasteiger partial charge in [-0.2, -0.15) is 0 Å². The van der Waals surface area contributed by atoms with Gasteiger partial charge in [0, 0.05) is 0 Å². The maximum atomic E-state index is 12.9. The van der Waals surface area contributed by atoms with Crippen LogP contribution in [0.5, 0.6) is 0 Å². The van der Waals surface area contributed by atoms with E-state index in [2.05, 4.69) is 0 Å². The first-order chi connectivity index (χ1) is 6.18. The van der Waals surface area contributed by atoms with Crippen molar-refractivity contribution in [3.63, 3.8) is 0 Å². The van der Waals surface area contributed by atoms with Gasteiger partial charge < -0.3 is 0 Å².